The summed E-state index contributed by atoms with van der Waals surface area (Å²) >= 11 is 0. The number of nitrogen functional groups attached to an aromatic ring is 1. The minimum atomic E-state index is -0.389. The predicted octanol–water partition coefficient (Wildman–Crippen LogP) is 3.20. The number of benzene rings is 2. The standard InChI is InChI=1S/C12H10FNO/c13-11-6-1-2-7-12(11)15-10-5-3-4-9(14)8-10/h1-8H,14H2. The number of anilines is 1. The van der Waals surface area contributed by atoms with Crippen LogP contribution in [0.25, 0.3) is 0 Å². The van der Waals surface area contributed by atoms with Gasteiger partial charge in [-0.05, 0) is 24.3 Å². The molecule has 2 aromatic carbocycles. The van der Waals surface area contributed by atoms with Crippen LogP contribution in [-0.4, -0.2) is 0 Å². The van der Waals surface area contributed by atoms with E-state index in [4.69, 9.17) is 10.5 Å². The van der Waals surface area contributed by atoms with Gasteiger partial charge in [0.15, 0.2) is 11.6 Å². The number of halogens is 1. The van der Waals surface area contributed by atoms with Gasteiger partial charge >= 0.3 is 0 Å². The average molecular weight is 203 g/mol. The lowest BCUT2D eigenvalue weighted by Crippen LogP contribution is -1.89. The van der Waals surface area contributed by atoms with E-state index in [9.17, 15) is 4.39 Å². The molecule has 0 aliphatic carbocycles. The molecule has 0 aromatic heterocycles. The summed E-state index contributed by atoms with van der Waals surface area (Å²) in [7, 11) is 0. The molecule has 0 bridgehead atoms. The quantitative estimate of drug-likeness (QED) is 0.760. The fraction of sp³-hybridized carbons (Fsp3) is 0. The molecule has 0 spiro atoms. The highest BCUT2D eigenvalue weighted by Crippen LogP contribution is 2.24. The molecule has 0 aliphatic rings. The minimum Gasteiger partial charge on any atom is -0.454 e. The van der Waals surface area contributed by atoms with Crippen molar-refractivity contribution in [1.29, 1.82) is 0 Å². The first-order valence-electron chi connectivity index (χ1n) is 4.53. The molecule has 0 saturated heterocycles. The lowest BCUT2D eigenvalue weighted by atomic mass is 10.3. The number of ether oxygens (including phenoxy) is 1. The lowest BCUT2D eigenvalue weighted by molar-refractivity contribution is 0.442. The Hall–Kier alpha value is -2.03. The Morgan fingerprint density at radius 3 is 2.53 bits per heavy atom. The van der Waals surface area contributed by atoms with Crippen molar-refractivity contribution < 1.29 is 9.13 Å². The predicted molar refractivity (Wildman–Crippen MR) is 57.3 cm³/mol. The maximum Gasteiger partial charge on any atom is 0.165 e. The van der Waals surface area contributed by atoms with Crippen molar-refractivity contribution in [3.63, 3.8) is 0 Å². The molecule has 0 amide bonds. The second-order valence-electron chi connectivity index (χ2n) is 3.10. The first kappa shape index (κ1) is 9.52. The molecule has 2 rings (SSSR count). The molecule has 15 heavy (non-hydrogen) atoms. The van der Waals surface area contributed by atoms with Crippen LogP contribution < -0.4 is 10.5 Å². The molecule has 0 heterocycles. The van der Waals surface area contributed by atoms with Crippen LogP contribution in [0.1, 0.15) is 0 Å². The van der Waals surface area contributed by atoms with Gasteiger partial charge in [0.2, 0.25) is 0 Å². The third kappa shape index (κ3) is 2.26. The molecule has 0 fully saturated rings. The highest BCUT2D eigenvalue weighted by atomic mass is 19.1. The molecule has 3 heteroatoms. The van der Waals surface area contributed by atoms with Crippen molar-refractivity contribution in [2.24, 2.45) is 0 Å². The van der Waals surface area contributed by atoms with Gasteiger partial charge in [0.05, 0.1) is 0 Å². The number of hydrogen-bond donors (Lipinski definition) is 1. The molecule has 76 valence electrons. The third-order valence-electron chi connectivity index (χ3n) is 1.92. The zero-order chi connectivity index (χ0) is 10.7. The smallest absolute Gasteiger partial charge is 0.165 e. The molecular formula is C12H10FNO. The second-order valence-corrected chi connectivity index (χ2v) is 3.10. The Balaban J connectivity index is 2.26. The monoisotopic (exact) mass is 203 g/mol. The number of rotatable bonds is 2. The van der Waals surface area contributed by atoms with Gasteiger partial charge in [-0.3, -0.25) is 0 Å². The highest BCUT2D eigenvalue weighted by molar-refractivity contribution is 5.45. The maximum atomic E-state index is 13.2. The number of nitrogens with two attached hydrogens (primary N) is 1. The molecule has 0 aliphatic heterocycles. The van der Waals surface area contributed by atoms with Gasteiger partial charge in [0.25, 0.3) is 0 Å². The molecule has 0 unspecified atom stereocenters. The second kappa shape index (κ2) is 4.00. The van der Waals surface area contributed by atoms with Gasteiger partial charge in [0.1, 0.15) is 5.75 Å². The Morgan fingerprint density at radius 2 is 1.80 bits per heavy atom. The van der Waals surface area contributed by atoms with Crippen LogP contribution in [0.15, 0.2) is 48.5 Å². The number of hydrogen-bond acceptors (Lipinski definition) is 2. The summed E-state index contributed by atoms with van der Waals surface area (Å²) in [5.74, 6) is 0.336. The fourth-order valence-corrected chi connectivity index (χ4v) is 1.23. The summed E-state index contributed by atoms with van der Waals surface area (Å²) in [6.45, 7) is 0. The zero-order valence-electron chi connectivity index (χ0n) is 7.98. The summed E-state index contributed by atoms with van der Waals surface area (Å²) in [6, 6.07) is 13.1. The molecule has 2 nitrogen and oxygen atoms in total. The lowest BCUT2D eigenvalue weighted by Gasteiger charge is -2.06. The van der Waals surface area contributed by atoms with Gasteiger partial charge in [-0.15, -0.1) is 0 Å². The van der Waals surface area contributed by atoms with Crippen LogP contribution in [0.2, 0.25) is 0 Å². The first-order valence-corrected chi connectivity index (χ1v) is 4.53. The van der Waals surface area contributed by atoms with Gasteiger partial charge in [0, 0.05) is 11.8 Å². The van der Waals surface area contributed by atoms with E-state index in [0.717, 1.165) is 0 Å². The van der Waals surface area contributed by atoms with Crippen molar-refractivity contribution in [3.05, 3.63) is 54.3 Å². The summed E-state index contributed by atoms with van der Waals surface area (Å²) < 4.78 is 18.6. The summed E-state index contributed by atoms with van der Waals surface area (Å²) in [5.41, 5.74) is 6.16. The van der Waals surface area contributed by atoms with Crippen LogP contribution in [0.3, 0.4) is 0 Å². The fourth-order valence-electron chi connectivity index (χ4n) is 1.23. The van der Waals surface area contributed by atoms with Gasteiger partial charge in [-0.2, -0.15) is 0 Å². The van der Waals surface area contributed by atoms with Crippen molar-refractivity contribution in [3.8, 4) is 11.5 Å². The van der Waals surface area contributed by atoms with Gasteiger partial charge in [-0.1, -0.05) is 18.2 Å². The molecule has 0 atom stereocenters. The van der Waals surface area contributed by atoms with Crippen LogP contribution in [-0.2, 0) is 0 Å². The Morgan fingerprint density at radius 1 is 1.00 bits per heavy atom. The summed E-state index contributed by atoms with van der Waals surface area (Å²) in [5, 5.41) is 0. The van der Waals surface area contributed by atoms with E-state index in [-0.39, 0.29) is 11.6 Å². The normalized spacial score (nSPS) is 9.93. The van der Waals surface area contributed by atoms with Crippen molar-refractivity contribution in [2.75, 3.05) is 5.73 Å². The largest absolute Gasteiger partial charge is 0.454 e. The van der Waals surface area contributed by atoms with Crippen LogP contribution in [0, 0.1) is 5.82 Å². The van der Waals surface area contributed by atoms with Crippen molar-refractivity contribution >= 4 is 5.69 Å². The Kier molecular flexibility index (Phi) is 2.54. The first-order chi connectivity index (χ1) is 7.25. The van der Waals surface area contributed by atoms with E-state index in [1.165, 1.54) is 6.07 Å². The van der Waals surface area contributed by atoms with E-state index >= 15 is 0 Å². The van der Waals surface area contributed by atoms with Crippen molar-refractivity contribution in [2.45, 2.75) is 0 Å². The number of para-hydroxylation sites is 1. The van der Waals surface area contributed by atoms with E-state index in [2.05, 4.69) is 0 Å². The molecule has 2 N–H and O–H groups in total. The SMILES string of the molecule is Nc1cccc(Oc2ccccc2F)c1. The van der Waals surface area contributed by atoms with Crippen LogP contribution >= 0.6 is 0 Å². The van der Waals surface area contributed by atoms with Crippen LogP contribution in [0.5, 0.6) is 11.5 Å². The molecule has 2 aromatic rings. The highest BCUT2D eigenvalue weighted by Gasteiger charge is 2.02. The maximum absolute atomic E-state index is 13.2. The summed E-state index contributed by atoms with van der Waals surface area (Å²) in [6.07, 6.45) is 0. The van der Waals surface area contributed by atoms with Gasteiger partial charge < -0.3 is 10.5 Å². The topological polar surface area (TPSA) is 35.2 Å². The van der Waals surface area contributed by atoms with Gasteiger partial charge in [-0.25, -0.2) is 4.39 Å². The zero-order valence-corrected chi connectivity index (χ0v) is 7.98. The molecular weight excluding hydrogens is 193 g/mol. The van der Waals surface area contributed by atoms with E-state index in [1.54, 1.807) is 42.5 Å². The van der Waals surface area contributed by atoms with E-state index in [1.807, 2.05) is 0 Å². The van der Waals surface area contributed by atoms with Crippen LogP contribution in [0.4, 0.5) is 10.1 Å². The van der Waals surface area contributed by atoms with E-state index in [0.29, 0.717) is 11.4 Å². The third-order valence-corrected chi connectivity index (χ3v) is 1.92. The Labute approximate surface area is 87.1 Å². The average Bonchev–Trinajstić information content (AvgIpc) is 2.22. The molecule has 0 radical (unpaired) electrons. The molecule has 0 saturated carbocycles. The Bertz CT molecular complexity index is 471. The van der Waals surface area contributed by atoms with E-state index < -0.39 is 0 Å². The minimum absolute atomic E-state index is 0.197. The van der Waals surface area contributed by atoms with Crippen molar-refractivity contribution in [1.82, 2.24) is 0 Å². The summed E-state index contributed by atoms with van der Waals surface area (Å²) in [4.78, 5) is 0.